The van der Waals surface area contributed by atoms with Gasteiger partial charge in [-0.3, -0.25) is 9.69 Å². The Kier molecular flexibility index (Phi) is 7.87. The van der Waals surface area contributed by atoms with Crippen LogP contribution in [0, 0.1) is 0 Å². The maximum Gasteiger partial charge on any atom is 0.260 e. The van der Waals surface area contributed by atoms with E-state index < -0.39 is 10.0 Å². The Morgan fingerprint density at radius 3 is 2.33 bits per heavy atom. The highest BCUT2D eigenvalue weighted by Gasteiger charge is 2.26. The van der Waals surface area contributed by atoms with Crippen LogP contribution in [0.3, 0.4) is 0 Å². The van der Waals surface area contributed by atoms with Crippen molar-refractivity contribution >= 4 is 27.5 Å². The Hall–Kier alpha value is -2.17. The number of amides is 1. The van der Waals surface area contributed by atoms with E-state index in [-0.39, 0.29) is 17.4 Å². The van der Waals surface area contributed by atoms with E-state index in [9.17, 15) is 13.2 Å². The molecule has 0 aliphatic carbocycles. The lowest BCUT2D eigenvalue weighted by atomic mass is 10.2. The van der Waals surface area contributed by atoms with Crippen molar-refractivity contribution in [2.45, 2.75) is 11.4 Å². The predicted octanol–water partition coefficient (Wildman–Crippen LogP) is 2.08. The van der Waals surface area contributed by atoms with E-state index in [0.29, 0.717) is 45.1 Å². The van der Waals surface area contributed by atoms with E-state index in [1.165, 1.54) is 16.4 Å². The molecule has 33 heavy (non-hydrogen) atoms. The highest BCUT2D eigenvalue weighted by Crippen LogP contribution is 2.21. The summed E-state index contributed by atoms with van der Waals surface area (Å²) in [6.07, 6.45) is 0. The molecule has 0 saturated carbocycles. The number of sulfonamides is 1. The number of nitrogens with zero attached hydrogens (tertiary/aromatic N) is 3. The van der Waals surface area contributed by atoms with E-state index in [1.807, 2.05) is 18.2 Å². The van der Waals surface area contributed by atoms with Crippen LogP contribution in [0.5, 0.6) is 5.75 Å². The number of rotatable bonds is 7. The molecule has 2 aliphatic rings. The normalized spacial score (nSPS) is 18.3. The largest absolute Gasteiger partial charge is 0.484 e. The molecular weight excluding hydrogens is 466 g/mol. The third-order valence-corrected chi connectivity index (χ3v) is 7.96. The molecule has 0 bridgehead atoms. The third kappa shape index (κ3) is 6.24. The Balaban J connectivity index is 1.24. The van der Waals surface area contributed by atoms with Gasteiger partial charge < -0.3 is 14.4 Å². The zero-order chi connectivity index (χ0) is 23.3. The molecule has 1 amide bonds. The van der Waals surface area contributed by atoms with Gasteiger partial charge in [-0.1, -0.05) is 23.7 Å². The standard InChI is InChI=1S/C23H28ClN3O5S/c24-20-3-1-2-19(16-20)17-25-8-10-26(11-9-25)23(28)18-32-21-4-6-22(7-5-21)33(29,30)27-12-14-31-15-13-27/h1-7,16H,8-15,17-18H2. The van der Waals surface area contributed by atoms with E-state index in [4.69, 9.17) is 21.1 Å². The van der Waals surface area contributed by atoms with Gasteiger partial charge in [0.05, 0.1) is 18.1 Å². The number of carbonyl (C=O) groups excluding carboxylic acids is 1. The number of ether oxygens (including phenoxy) is 2. The van der Waals surface area contributed by atoms with Gasteiger partial charge in [0.25, 0.3) is 5.91 Å². The molecule has 0 radical (unpaired) electrons. The maximum absolute atomic E-state index is 12.7. The van der Waals surface area contributed by atoms with Crippen LogP contribution in [0.2, 0.25) is 5.02 Å². The summed E-state index contributed by atoms with van der Waals surface area (Å²) in [5, 5.41) is 0.727. The van der Waals surface area contributed by atoms with E-state index in [2.05, 4.69) is 11.0 Å². The minimum absolute atomic E-state index is 0.0795. The fraction of sp³-hybridized carbons (Fsp3) is 0.435. The first kappa shape index (κ1) is 24.0. The molecular formula is C23H28ClN3O5S. The van der Waals surface area contributed by atoms with Crippen molar-refractivity contribution in [2.24, 2.45) is 0 Å². The SMILES string of the molecule is O=C(COc1ccc(S(=O)(=O)N2CCOCC2)cc1)N1CCN(Cc2cccc(Cl)c2)CC1. The van der Waals surface area contributed by atoms with E-state index in [0.717, 1.165) is 30.2 Å². The van der Waals surface area contributed by atoms with E-state index in [1.54, 1.807) is 17.0 Å². The Morgan fingerprint density at radius 2 is 1.67 bits per heavy atom. The predicted molar refractivity (Wildman–Crippen MR) is 125 cm³/mol. The summed E-state index contributed by atoms with van der Waals surface area (Å²) in [7, 11) is -3.55. The molecule has 2 heterocycles. The molecule has 0 N–H and O–H groups in total. The van der Waals surface area contributed by atoms with Crippen LogP contribution in [0.4, 0.5) is 0 Å². The lowest BCUT2D eigenvalue weighted by Crippen LogP contribution is -2.49. The summed E-state index contributed by atoms with van der Waals surface area (Å²) >= 11 is 6.06. The molecule has 0 atom stereocenters. The fourth-order valence-corrected chi connectivity index (χ4v) is 5.55. The second-order valence-corrected chi connectivity index (χ2v) is 10.4. The lowest BCUT2D eigenvalue weighted by molar-refractivity contribution is -0.135. The number of piperazine rings is 1. The molecule has 178 valence electrons. The first-order valence-corrected chi connectivity index (χ1v) is 12.8. The van der Waals surface area contributed by atoms with Gasteiger partial charge in [0.2, 0.25) is 10.0 Å². The van der Waals surface area contributed by atoms with Gasteiger partial charge in [-0.25, -0.2) is 8.42 Å². The van der Waals surface area contributed by atoms with Crippen molar-refractivity contribution in [1.29, 1.82) is 0 Å². The maximum atomic E-state index is 12.7. The Labute approximate surface area is 199 Å². The highest BCUT2D eigenvalue weighted by molar-refractivity contribution is 7.89. The fourth-order valence-electron chi connectivity index (χ4n) is 3.93. The smallest absolute Gasteiger partial charge is 0.260 e. The molecule has 2 aromatic rings. The van der Waals surface area contributed by atoms with Crippen molar-refractivity contribution in [3.63, 3.8) is 0 Å². The molecule has 0 unspecified atom stereocenters. The van der Waals surface area contributed by atoms with Gasteiger partial charge >= 0.3 is 0 Å². The molecule has 8 nitrogen and oxygen atoms in total. The molecule has 2 aromatic carbocycles. The number of hydrogen-bond donors (Lipinski definition) is 0. The summed E-state index contributed by atoms with van der Waals surface area (Å²) in [5.74, 6) is 0.381. The molecule has 2 saturated heterocycles. The summed E-state index contributed by atoms with van der Waals surface area (Å²) in [6.45, 7) is 5.07. The van der Waals surface area contributed by atoms with Gasteiger partial charge in [0.1, 0.15) is 5.75 Å². The number of morpholine rings is 1. The first-order valence-electron chi connectivity index (χ1n) is 11.0. The molecule has 0 aromatic heterocycles. The molecule has 2 aliphatic heterocycles. The minimum atomic E-state index is -3.55. The van der Waals surface area contributed by atoms with Gasteiger partial charge in [0, 0.05) is 50.8 Å². The summed E-state index contributed by atoms with van der Waals surface area (Å²) < 4.78 is 37.6. The molecule has 0 spiro atoms. The number of hydrogen-bond acceptors (Lipinski definition) is 6. The monoisotopic (exact) mass is 493 g/mol. The Morgan fingerprint density at radius 1 is 0.970 bits per heavy atom. The number of carbonyl (C=O) groups is 1. The topological polar surface area (TPSA) is 79.4 Å². The first-order chi connectivity index (χ1) is 15.9. The quantitative estimate of drug-likeness (QED) is 0.587. The van der Waals surface area contributed by atoms with Gasteiger partial charge in [-0.2, -0.15) is 4.31 Å². The van der Waals surface area contributed by atoms with Crippen molar-refractivity contribution in [3.8, 4) is 5.75 Å². The summed E-state index contributed by atoms with van der Waals surface area (Å²) in [5.41, 5.74) is 1.16. The van der Waals surface area contributed by atoms with Gasteiger partial charge in [0.15, 0.2) is 6.61 Å². The van der Waals surface area contributed by atoms with Crippen LogP contribution in [0.15, 0.2) is 53.4 Å². The molecule has 4 rings (SSSR count). The minimum Gasteiger partial charge on any atom is -0.484 e. The van der Waals surface area contributed by atoms with Crippen molar-refractivity contribution < 1.29 is 22.7 Å². The Bertz CT molecular complexity index is 1050. The highest BCUT2D eigenvalue weighted by atomic mass is 35.5. The molecule has 10 heteroatoms. The summed E-state index contributed by atoms with van der Waals surface area (Å²) in [4.78, 5) is 16.9. The van der Waals surface area contributed by atoms with Crippen LogP contribution < -0.4 is 4.74 Å². The van der Waals surface area contributed by atoms with Crippen LogP contribution >= 0.6 is 11.6 Å². The zero-order valence-corrected chi connectivity index (χ0v) is 19.9. The zero-order valence-electron chi connectivity index (χ0n) is 18.4. The second-order valence-electron chi connectivity index (χ2n) is 8.06. The summed E-state index contributed by atoms with van der Waals surface area (Å²) in [6, 6.07) is 14.0. The van der Waals surface area contributed by atoms with Crippen LogP contribution in [-0.4, -0.2) is 87.5 Å². The van der Waals surface area contributed by atoms with Crippen LogP contribution in [0.1, 0.15) is 5.56 Å². The van der Waals surface area contributed by atoms with Gasteiger partial charge in [-0.15, -0.1) is 0 Å². The average Bonchev–Trinajstić information content (AvgIpc) is 2.84. The number of halogens is 1. The second kappa shape index (κ2) is 10.8. The number of benzene rings is 2. The third-order valence-electron chi connectivity index (χ3n) is 5.81. The van der Waals surface area contributed by atoms with Crippen molar-refractivity contribution in [1.82, 2.24) is 14.1 Å². The lowest BCUT2D eigenvalue weighted by Gasteiger charge is -2.34. The van der Waals surface area contributed by atoms with Crippen molar-refractivity contribution in [3.05, 3.63) is 59.1 Å². The van der Waals surface area contributed by atoms with Gasteiger partial charge in [-0.05, 0) is 42.0 Å². The van der Waals surface area contributed by atoms with Crippen molar-refractivity contribution in [2.75, 3.05) is 59.1 Å². The average molecular weight is 494 g/mol. The van der Waals surface area contributed by atoms with E-state index >= 15 is 0 Å². The van der Waals surface area contributed by atoms with Crippen LogP contribution in [0.25, 0.3) is 0 Å². The van der Waals surface area contributed by atoms with Crippen LogP contribution in [-0.2, 0) is 26.1 Å². The molecule has 2 fully saturated rings.